The number of halogens is 1. The van der Waals surface area contributed by atoms with Gasteiger partial charge in [-0.1, -0.05) is 106 Å². The fourth-order valence-corrected chi connectivity index (χ4v) is 3.99. The quantitative estimate of drug-likeness (QED) is 0.269. The van der Waals surface area contributed by atoms with E-state index in [0.29, 0.717) is 12.5 Å². The number of hydrogen-bond donors (Lipinski definition) is 1. The van der Waals surface area contributed by atoms with Gasteiger partial charge in [-0.15, -0.1) is 12.4 Å². The van der Waals surface area contributed by atoms with Crippen molar-refractivity contribution >= 4 is 12.4 Å². The van der Waals surface area contributed by atoms with Crippen LogP contribution in [0.25, 0.3) is 11.1 Å². The van der Waals surface area contributed by atoms with Crippen LogP contribution in [0.1, 0.15) is 62.5 Å². The zero-order valence-corrected chi connectivity index (χ0v) is 20.2. The Labute approximate surface area is 200 Å². The highest BCUT2D eigenvalue weighted by Gasteiger charge is 2.11. The molecule has 3 aromatic rings. The van der Waals surface area contributed by atoms with Gasteiger partial charge in [0, 0.05) is 5.92 Å². The predicted octanol–water partition coefficient (Wildman–Crippen LogP) is 7.80. The molecule has 3 aromatic carbocycles. The van der Waals surface area contributed by atoms with Crippen LogP contribution in [0.2, 0.25) is 0 Å². The molecule has 0 radical (unpaired) electrons. The Bertz CT molecular complexity index is 862. The van der Waals surface area contributed by atoms with Crippen LogP contribution in [-0.2, 0) is 6.42 Å². The molecule has 0 aliphatic carbocycles. The Balaban J connectivity index is 0.00000363. The van der Waals surface area contributed by atoms with E-state index in [1.807, 2.05) is 6.07 Å². The molecule has 172 valence electrons. The van der Waals surface area contributed by atoms with E-state index >= 15 is 0 Å². The fraction of sp³-hybridized carbons (Fsp3) is 0.379. The summed E-state index contributed by atoms with van der Waals surface area (Å²) in [6.07, 6.45) is 8.67. The van der Waals surface area contributed by atoms with Crippen molar-refractivity contribution in [2.75, 3.05) is 13.2 Å². The highest BCUT2D eigenvalue weighted by Crippen LogP contribution is 2.25. The molecule has 3 rings (SSSR count). The Morgan fingerprint density at radius 2 is 1.34 bits per heavy atom. The monoisotopic (exact) mass is 451 g/mol. The molecule has 0 aliphatic heterocycles. The molecule has 0 amide bonds. The minimum atomic E-state index is 0. The van der Waals surface area contributed by atoms with E-state index in [2.05, 4.69) is 79.7 Å². The summed E-state index contributed by atoms with van der Waals surface area (Å²) in [7, 11) is 0. The molecule has 0 bridgehead atoms. The van der Waals surface area contributed by atoms with E-state index < -0.39 is 0 Å². The lowest BCUT2D eigenvalue weighted by molar-refractivity contribution is 0.304. The second-order valence-corrected chi connectivity index (χ2v) is 8.38. The van der Waals surface area contributed by atoms with Gasteiger partial charge in [0.05, 0.1) is 6.61 Å². The molecule has 32 heavy (non-hydrogen) atoms. The summed E-state index contributed by atoms with van der Waals surface area (Å²) in [4.78, 5) is 0. The van der Waals surface area contributed by atoms with Crippen LogP contribution < -0.4 is 10.5 Å². The average molecular weight is 452 g/mol. The molecule has 1 unspecified atom stereocenters. The standard InChI is InChI=1S/C29H37NO.ClH/c1-2-3-4-5-6-10-21-31-29-19-13-24(14-20-29)22-28(23-30)27-17-15-26(16-18-27)25-11-8-7-9-12-25;/h7-9,11-20,28H,2-6,10,21-23,30H2,1H3;1H. The van der Waals surface area contributed by atoms with Gasteiger partial charge in [-0.2, -0.15) is 0 Å². The largest absolute Gasteiger partial charge is 0.494 e. The van der Waals surface area contributed by atoms with Gasteiger partial charge in [-0.25, -0.2) is 0 Å². The summed E-state index contributed by atoms with van der Waals surface area (Å²) in [5, 5.41) is 0. The maximum absolute atomic E-state index is 6.13. The van der Waals surface area contributed by atoms with Gasteiger partial charge in [-0.3, -0.25) is 0 Å². The van der Waals surface area contributed by atoms with Gasteiger partial charge < -0.3 is 10.5 Å². The lowest BCUT2D eigenvalue weighted by Crippen LogP contribution is -2.15. The van der Waals surface area contributed by atoms with E-state index in [9.17, 15) is 0 Å². The Hall–Kier alpha value is -2.29. The molecule has 0 saturated heterocycles. The van der Waals surface area contributed by atoms with Crippen molar-refractivity contribution in [1.82, 2.24) is 0 Å². The first-order chi connectivity index (χ1) is 15.3. The lowest BCUT2D eigenvalue weighted by atomic mass is 9.91. The van der Waals surface area contributed by atoms with Crippen molar-refractivity contribution < 1.29 is 4.74 Å². The predicted molar refractivity (Wildman–Crippen MR) is 140 cm³/mol. The smallest absolute Gasteiger partial charge is 0.119 e. The molecule has 2 N–H and O–H groups in total. The van der Waals surface area contributed by atoms with E-state index in [4.69, 9.17) is 10.5 Å². The Morgan fingerprint density at radius 1 is 0.719 bits per heavy atom. The van der Waals surface area contributed by atoms with Crippen LogP contribution >= 0.6 is 12.4 Å². The van der Waals surface area contributed by atoms with Gasteiger partial charge in [0.25, 0.3) is 0 Å². The van der Waals surface area contributed by atoms with Crippen molar-refractivity contribution in [1.29, 1.82) is 0 Å². The van der Waals surface area contributed by atoms with Gasteiger partial charge in [-0.05, 0) is 53.8 Å². The topological polar surface area (TPSA) is 35.2 Å². The third kappa shape index (κ3) is 8.33. The Kier molecular flexibility index (Phi) is 11.9. The fourth-order valence-electron chi connectivity index (χ4n) is 3.99. The Morgan fingerprint density at radius 3 is 2.00 bits per heavy atom. The molecule has 3 heteroatoms. The van der Waals surface area contributed by atoms with E-state index in [1.54, 1.807) is 0 Å². The lowest BCUT2D eigenvalue weighted by Gasteiger charge is -2.16. The molecule has 0 heterocycles. The third-order valence-corrected chi connectivity index (χ3v) is 5.95. The van der Waals surface area contributed by atoms with Crippen LogP contribution in [0.3, 0.4) is 0 Å². The van der Waals surface area contributed by atoms with Gasteiger partial charge >= 0.3 is 0 Å². The molecule has 0 saturated carbocycles. The van der Waals surface area contributed by atoms with Crippen LogP contribution in [0.5, 0.6) is 5.75 Å². The molecule has 0 aromatic heterocycles. The first-order valence-corrected chi connectivity index (χ1v) is 11.9. The highest BCUT2D eigenvalue weighted by molar-refractivity contribution is 5.85. The summed E-state index contributed by atoms with van der Waals surface area (Å²) >= 11 is 0. The van der Waals surface area contributed by atoms with Crippen LogP contribution in [0.4, 0.5) is 0 Å². The number of ether oxygens (including phenoxy) is 1. The molecule has 2 nitrogen and oxygen atoms in total. The van der Waals surface area contributed by atoms with Crippen molar-refractivity contribution in [2.24, 2.45) is 5.73 Å². The van der Waals surface area contributed by atoms with E-state index in [0.717, 1.165) is 25.2 Å². The zero-order chi connectivity index (χ0) is 21.7. The number of unbranched alkanes of at least 4 members (excludes halogenated alkanes) is 5. The molecule has 0 aliphatic rings. The highest BCUT2D eigenvalue weighted by atomic mass is 35.5. The molecule has 1 atom stereocenters. The summed E-state index contributed by atoms with van der Waals surface area (Å²) < 4.78 is 5.91. The summed E-state index contributed by atoms with van der Waals surface area (Å²) in [5.74, 6) is 1.29. The van der Waals surface area contributed by atoms with Crippen LogP contribution in [0, 0.1) is 0 Å². The number of benzene rings is 3. The molecular weight excluding hydrogens is 414 g/mol. The van der Waals surface area contributed by atoms with Crippen LogP contribution in [0.15, 0.2) is 78.9 Å². The molecule has 0 fully saturated rings. The number of hydrogen-bond acceptors (Lipinski definition) is 2. The average Bonchev–Trinajstić information content (AvgIpc) is 2.83. The van der Waals surface area contributed by atoms with Crippen molar-refractivity contribution in [3.05, 3.63) is 90.0 Å². The zero-order valence-electron chi connectivity index (χ0n) is 19.3. The van der Waals surface area contributed by atoms with Crippen LogP contribution in [-0.4, -0.2) is 13.2 Å². The van der Waals surface area contributed by atoms with E-state index in [1.165, 1.54) is 54.4 Å². The first-order valence-electron chi connectivity index (χ1n) is 11.9. The second kappa shape index (κ2) is 14.7. The maximum atomic E-state index is 6.13. The van der Waals surface area contributed by atoms with Crippen molar-refractivity contribution in [3.8, 4) is 16.9 Å². The number of nitrogens with two attached hydrogens (primary N) is 1. The summed E-state index contributed by atoms with van der Waals surface area (Å²) in [6, 6.07) is 27.9. The van der Waals surface area contributed by atoms with Crippen molar-refractivity contribution in [3.63, 3.8) is 0 Å². The first kappa shape index (κ1) is 26.0. The normalized spacial score (nSPS) is 11.6. The van der Waals surface area contributed by atoms with E-state index in [-0.39, 0.29) is 12.4 Å². The summed E-state index contributed by atoms with van der Waals surface area (Å²) in [6.45, 7) is 3.70. The van der Waals surface area contributed by atoms with Crippen molar-refractivity contribution in [2.45, 2.75) is 57.8 Å². The third-order valence-electron chi connectivity index (χ3n) is 5.95. The maximum Gasteiger partial charge on any atom is 0.119 e. The van der Waals surface area contributed by atoms with Gasteiger partial charge in [0.1, 0.15) is 5.75 Å². The second-order valence-electron chi connectivity index (χ2n) is 8.38. The molecule has 0 spiro atoms. The molecular formula is C29H38ClNO. The minimum absolute atomic E-state index is 0. The summed E-state index contributed by atoms with van der Waals surface area (Å²) in [5.41, 5.74) is 11.2. The van der Waals surface area contributed by atoms with Gasteiger partial charge in [0.2, 0.25) is 0 Å². The SMILES string of the molecule is CCCCCCCCOc1ccc(CC(CN)c2ccc(-c3ccccc3)cc2)cc1.Cl. The van der Waals surface area contributed by atoms with Gasteiger partial charge in [0.15, 0.2) is 0 Å². The number of rotatable bonds is 13. The minimum Gasteiger partial charge on any atom is -0.494 e.